The lowest BCUT2D eigenvalue weighted by atomic mass is 10.1. The van der Waals surface area contributed by atoms with Crippen LogP contribution in [0.1, 0.15) is 25.3 Å². The fourth-order valence-electron chi connectivity index (χ4n) is 4.10. The van der Waals surface area contributed by atoms with Gasteiger partial charge in [-0.05, 0) is 50.1 Å². The van der Waals surface area contributed by atoms with Gasteiger partial charge in [0, 0.05) is 17.8 Å². The molecule has 0 saturated carbocycles. The molecule has 2 amide bonds. The summed E-state index contributed by atoms with van der Waals surface area (Å²) in [7, 11) is -3.76. The minimum absolute atomic E-state index is 0.163. The molecule has 0 spiro atoms. The molecule has 1 fully saturated rings. The number of nitrogens with zero attached hydrogens (tertiary/aromatic N) is 2. The number of hydrogen-bond acceptors (Lipinski definition) is 6. The number of anilines is 2. The van der Waals surface area contributed by atoms with Gasteiger partial charge in [-0.1, -0.05) is 12.1 Å². The molecule has 3 aliphatic heterocycles. The summed E-state index contributed by atoms with van der Waals surface area (Å²) >= 11 is 0. The maximum absolute atomic E-state index is 13.1. The molecule has 2 aromatic carbocycles. The van der Waals surface area contributed by atoms with E-state index < -0.39 is 22.2 Å². The van der Waals surface area contributed by atoms with Crippen molar-refractivity contribution in [2.75, 3.05) is 17.2 Å². The summed E-state index contributed by atoms with van der Waals surface area (Å²) in [6.45, 7) is 2.19. The van der Waals surface area contributed by atoms with Crippen LogP contribution in [0.3, 0.4) is 0 Å². The molecule has 3 heterocycles. The normalized spacial score (nSPS) is 23.3. The summed E-state index contributed by atoms with van der Waals surface area (Å²) in [6, 6.07) is 11.1. The van der Waals surface area contributed by atoms with Crippen molar-refractivity contribution >= 4 is 39.0 Å². The highest BCUT2D eigenvalue weighted by Gasteiger charge is 2.39. The van der Waals surface area contributed by atoms with Crippen LogP contribution in [0.15, 0.2) is 51.8 Å². The van der Waals surface area contributed by atoms with Crippen LogP contribution in [0, 0.1) is 0 Å². The zero-order chi connectivity index (χ0) is 21.8. The molecular formula is C21H20N4O5S. The van der Waals surface area contributed by atoms with Crippen molar-refractivity contribution in [1.29, 1.82) is 0 Å². The Morgan fingerprint density at radius 2 is 2.06 bits per heavy atom. The highest BCUT2D eigenvalue weighted by atomic mass is 32.2. The fraction of sp³-hybridized carbons (Fsp3) is 0.286. The second-order valence-electron chi connectivity index (χ2n) is 7.69. The third kappa shape index (κ3) is 3.32. The summed E-state index contributed by atoms with van der Waals surface area (Å²) in [5.41, 5.74) is 1.52. The predicted molar refractivity (Wildman–Crippen MR) is 114 cm³/mol. The monoisotopic (exact) mass is 440 g/mol. The van der Waals surface area contributed by atoms with E-state index in [2.05, 4.69) is 15.0 Å². The standard InChI is InChI=1S/C21H20N4O5S/c1-12-20(26)23-15-11-13(8-9-17(15)30-12)22-21(27)16-6-4-10-25(16)19-14-5-2-3-7-18(14)31(28,29)24-19/h2-3,5,7-9,11-12,16H,4,6,10H2,1H3,(H,22,27)(H,23,26)/t12-,16-/m0/s1. The van der Waals surface area contributed by atoms with Crippen molar-refractivity contribution in [3.63, 3.8) is 0 Å². The Morgan fingerprint density at radius 1 is 1.26 bits per heavy atom. The Labute approximate surface area is 179 Å². The maximum Gasteiger partial charge on any atom is 0.285 e. The molecule has 9 nitrogen and oxygen atoms in total. The molecule has 0 bridgehead atoms. The number of sulfonamides is 1. The van der Waals surface area contributed by atoms with Gasteiger partial charge in [0.25, 0.3) is 15.9 Å². The van der Waals surface area contributed by atoms with Gasteiger partial charge in [-0.2, -0.15) is 8.42 Å². The van der Waals surface area contributed by atoms with E-state index in [1.54, 1.807) is 48.2 Å². The van der Waals surface area contributed by atoms with Gasteiger partial charge >= 0.3 is 0 Å². The smallest absolute Gasteiger partial charge is 0.285 e. The van der Waals surface area contributed by atoms with E-state index in [9.17, 15) is 18.0 Å². The largest absolute Gasteiger partial charge is 0.479 e. The van der Waals surface area contributed by atoms with Crippen molar-refractivity contribution in [2.45, 2.75) is 36.8 Å². The summed E-state index contributed by atoms with van der Waals surface area (Å²) < 4.78 is 34.3. The number of amides is 2. The summed E-state index contributed by atoms with van der Waals surface area (Å²) in [5.74, 6) is 0.332. The topological polar surface area (TPSA) is 117 Å². The number of amidine groups is 1. The number of fused-ring (bicyclic) bond motifs is 2. The van der Waals surface area contributed by atoms with Crippen molar-refractivity contribution in [1.82, 2.24) is 4.90 Å². The van der Waals surface area contributed by atoms with Crippen molar-refractivity contribution < 1.29 is 22.7 Å². The molecule has 5 rings (SSSR count). The van der Waals surface area contributed by atoms with Gasteiger partial charge in [0.15, 0.2) is 11.9 Å². The minimum atomic E-state index is -3.76. The Balaban J connectivity index is 1.38. The maximum atomic E-state index is 13.1. The summed E-state index contributed by atoms with van der Waals surface area (Å²) in [5, 5.41) is 5.62. The lowest BCUT2D eigenvalue weighted by Gasteiger charge is -2.26. The van der Waals surface area contributed by atoms with E-state index >= 15 is 0 Å². The number of ether oxygens (including phenoxy) is 1. The number of benzene rings is 2. The number of carbonyl (C=O) groups is 2. The van der Waals surface area contributed by atoms with Gasteiger partial charge in [-0.25, -0.2) is 0 Å². The number of nitrogens with one attached hydrogen (secondary N) is 2. The number of likely N-dealkylation sites (tertiary alicyclic amines) is 1. The quantitative estimate of drug-likeness (QED) is 0.737. The second kappa shape index (κ2) is 7.09. The van der Waals surface area contributed by atoms with Gasteiger partial charge in [0.2, 0.25) is 5.91 Å². The van der Waals surface area contributed by atoms with E-state index in [1.807, 2.05) is 0 Å². The first-order valence-corrected chi connectivity index (χ1v) is 11.4. The molecule has 0 aromatic heterocycles. The first-order valence-electron chi connectivity index (χ1n) is 9.97. The van der Waals surface area contributed by atoms with Crippen LogP contribution in [-0.4, -0.2) is 49.7 Å². The van der Waals surface area contributed by atoms with Gasteiger partial charge in [0.05, 0.1) is 5.69 Å². The van der Waals surface area contributed by atoms with Gasteiger partial charge in [0.1, 0.15) is 16.7 Å². The highest BCUT2D eigenvalue weighted by molar-refractivity contribution is 7.90. The van der Waals surface area contributed by atoms with E-state index in [4.69, 9.17) is 4.74 Å². The van der Waals surface area contributed by atoms with Crippen LogP contribution in [0.25, 0.3) is 0 Å². The molecule has 2 atom stereocenters. The van der Waals surface area contributed by atoms with Crippen LogP contribution >= 0.6 is 0 Å². The third-order valence-corrected chi connectivity index (χ3v) is 6.94. The lowest BCUT2D eigenvalue weighted by Crippen LogP contribution is -2.43. The van der Waals surface area contributed by atoms with Crippen LogP contribution in [0.2, 0.25) is 0 Å². The Kier molecular flexibility index (Phi) is 4.47. The van der Waals surface area contributed by atoms with Gasteiger partial charge in [-0.3, -0.25) is 9.59 Å². The molecular weight excluding hydrogens is 420 g/mol. The van der Waals surface area contributed by atoms with E-state index in [-0.39, 0.29) is 16.7 Å². The van der Waals surface area contributed by atoms with E-state index in [0.717, 1.165) is 6.42 Å². The molecule has 31 heavy (non-hydrogen) atoms. The van der Waals surface area contributed by atoms with Crippen LogP contribution < -0.4 is 15.4 Å². The number of carbonyl (C=O) groups excluding carboxylic acids is 2. The van der Waals surface area contributed by atoms with Crippen LogP contribution in [-0.2, 0) is 19.6 Å². The molecule has 1 saturated heterocycles. The minimum Gasteiger partial charge on any atom is -0.479 e. The van der Waals surface area contributed by atoms with Crippen LogP contribution in [0.5, 0.6) is 5.75 Å². The Bertz CT molecular complexity index is 1240. The number of rotatable bonds is 2. The first-order chi connectivity index (χ1) is 14.8. The zero-order valence-electron chi connectivity index (χ0n) is 16.7. The molecule has 0 radical (unpaired) electrons. The zero-order valence-corrected chi connectivity index (χ0v) is 17.5. The summed E-state index contributed by atoms with van der Waals surface area (Å²) in [6.07, 6.45) is 0.743. The third-order valence-electron chi connectivity index (χ3n) is 5.62. The summed E-state index contributed by atoms with van der Waals surface area (Å²) in [4.78, 5) is 26.8. The Hall–Kier alpha value is -3.40. The Morgan fingerprint density at radius 3 is 2.90 bits per heavy atom. The molecule has 0 unspecified atom stereocenters. The van der Waals surface area contributed by atoms with Crippen molar-refractivity contribution in [3.05, 3.63) is 48.0 Å². The van der Waals surface area contributed by atoms with Crippen molar-refractivity contribution in [3.8, 4) is 5.75 Å². The fourth-order valence-corrected chi connectivity index (χ4v) is 5.32. The average Bonchev–Trinajstić information content (AvgIpc) is 3.32. The molecule has 3 aliphatic rings. The highest BCUT2D eigenvalue weighted by Crippen LogP contribution is 2.34. The van der Waals surface area contributed by atoms with Crippen molar-refractivity contribution in [2.24, 2.45) is 4.40 Å². The van der Waals surface area contributed by atoms with Crippen LogP contribution in [0.4, 0.5) is 11.4 Å². The SMILES string of the molecule is C[C@@H]1Oc2ccc(NC(=O)[C@@H]3CCCN3C3=NS(=O)(=O)c4ccccc43)cc2NC1=O. The molecule has 160 valence electrons. The molecule has 2 aromatic rings. The predicted octanol–water partition coefficient (Wildman–Crippen LogP) is 1.96. The van der Waals surface area contributed by atoms with Gasteiger partial charge < -0.3 is 20.3 Å². The van der Waals surface area contributed by atoms with Gasteiger partial charge in [-0.15, -0.1) is 4.40 Å². The van der Waals surface area contributed by atoms with E-state index in [1.165, 1.54) is 6.07 Å². The number of hydrogen-bond donors (Lipinski definition) is 2. The molecule has 10 heteroatoms. The molecule has 0 aliphatic carbocycles. The average molecular weight is 440 g/mol. The second-order valence-corrected chi connectivity index (χ2v) is 9.26. The lowest BCUT2D eigenvalue weighted by molar-refractivity contribution is -0.122. The first kappa shape index (κ1) is 19.6. The molecule has 2 N–H and O–H groups in total. The van der Waals surface area contributed by atoms with E-state index in [0.29, 0.717) is 41.5 Å².